The first-order chi connectivity index (χ1) is 4.70. The summed E-state index contributed by atoms with van der Waals surface area (Å²) in [7, 11) is 0. The fourth-order valence-electron chi connectivity index (χ4n) is 1.22. The zero-order valence-electron chi connectivity index (χ0n) is 7.11. The minimum Gasteiger partial charge on any atom is -0.359 e. The predicted molar refractivity (Wildman–Crippen MR) is 41.9 cm³/mol. The molecule has 1 aliphatic rings. The van der Waals surface area contributed by atoms with Gasteiger partial charge in [-0.3, -0.25) is 5.32 Å². The zero-order chi connectivity index (χ0) is 7.61. The third-order valence-corrected chi connectivity index (χ3v) is 2.28. The minimum atomic E-state index is -0.0410. The van der Waals surface area contributed by atoms with E-state index >= 15 is 0 Å². The Labute approximate surface area is 63.0 Å². The van der Waals surface area contributed by atoms with E-state index in [1.54, 1.807) is 0 Å². The van der Waals surface area contributed by atoms with Gasteiger partial charge in [-0.25, -0.2) is 0 Å². The molecule has 0 aromatic carbocycles. The summed E-state index contributed by atoms with van der Waals surface area (Å²) in [6, 6.07) is 0.574. The lowest BCUT2D eigenvalue weighted by Gasteiger charge is -2.21. The van der Waals surface area contributed by atoms with Gasteiger partial charge in [0.05, 0.1) is 6.61 Å². The molecule has 0 bridgehead atoms. The van der Waals surface area contributed by atoms with E-state index in [0.29, 0.717) is 6.04 Å². The average Bonchev–Trinajstić information content (AvgIpc) is 2.33. The molecular formula is C8H17NO. The van der Waals surface area contributed by atoms with Gasteiger partial charge in [0.2, 0.25) is 0 Å². The third-order valence-electron chi connectivity index (χ3n) is 2.28. The van der Waals surface area contributed by atoms with Crippen LogP contribution in [0.3, 0.4) is 0 Å². The van der Waals surface area contributed by atoms with Crippen LogP contribution in [0.1, 0.15) is 33.6 Å². The molecule has 2 atom stereocenters. The highest BCUT2D eigenvalue weighted by molar-refractivity contribution is 4.83. The van der Waals surface area contributed by atoms with Crippen LogP contribution in [0.5, 0.6) is 0 Å². The Balaban J connectivity index is 2.41. The molecule has 0 amide bonds. The smallest absolute Gasteiger partial charge is 0.116 e. The molecule has 1 fully saturated rings. The highest BCUT2D eigenvalue weighted by Crippen LogP contribution is 2.19. The topological polar surface area (TPSA) is 21.3 Å². The normalized spacial score (nSPS) is 40.5. The summed E-state index contributed by atoms with van der Waals surface area (Å²) in [5.74, 6) is 0. The maximum Gasteiger partial charge on any atom is 0.116 e. The second-order valence-electron chi connectivity index (χ2n) is 3.14. The van der Waals surface area contributed by atoms with Gasteiger partial charge in [0, 0.05) is 6.04 Å². The second-order valence-corrected chi connectivity index (χ2v) is 3.14. The van der Waals surface area contributed by atoms with Gasteiger partial charge in [0.1, 0.15) is 5.72 Å². The van der Waals surface area contributed by atoms with E-state index in [2.05, 4.69) is 26.1 Å². The lowest BCUT2D eigenvalue weighted by atomic mass is 10.2. The maximum absolute atomic E-state index is 5.58. The Hall–Kier alpha value is -0.0800. The first-order valence-corrected chi connectivity index (χ1v) is 4.12. The Morgan fingerprint density at radius 1 is 1.60 bits per heavy atom. The SMILES string of the molecule is CC[C@@H]1CO[C@](C)(CC)N1. The van der Waals surface area contributed by atoms with Crippen LogP contribution in [0.15, 0.2) is 0 Å². The Kier molecular flexibility index (Phi) is 2.32. The quantitative estimate of drug-likeness (QED) is 0.632. The first kappa shape index (κ1) is 8.02. The molecular weight excluding hydrogens is 126 g/mol. The van der Waals surface area contributed by atoms with E-state index < -0.39 is 0 Å². The molecule has 0 aliphatic carbocycles. The summed E-state index contributed by atoms with van der Waals surface area (Å²) in [4.78, 5) is 0. The standard InChI is InChI=1S/C8H17NO/c1-4-7-6-10-8(3,5-2)9-7/h7,9H,4-6H2,1-3H3/t7-,8-/m1/s1. The summed E-state index contributed by atoms with van der Waals surface area (Å²) in [6.07, 6.45) is 2.21. The fourth-order valence-corrected chi connectivity index (χ4v) is 1.22. The molecule has 60 valence electrons. The van der Waals surface area contributed by atoms with Gasteiger partial charge in [-0.2, -0.15) is 0 Å². The molecule has 2 heteroatoms. The van der Waals surface area contributed by atoms with Crippen molar-refractivity contribution < 1.29 is 4.74 Å². The molecule has 0 aromatic heterocycles. The third kappa shape index (κ3) is 1.50. The molecule has 1 aliphatic heterocycles. The van der Waals surface area contributed by atoms with Gasteiger partial charge in [0.15, 0.2) is 0 Å². The van der Waals surface area contributed by atoms with Crippen LogP contribution in [-0.2, 0) is 4.74 Å². The van der Waals surface area contributed by atoms with Crippen LogP contribution < -0.4 is 5.32 Å². The van der Waals surface area contributed by atoms with Crippen LogP contribution in [-0.4, -0.2) is 18.4 Å². The lowest BCUT2D eigenvalue weighted by molar-refractivity contribution is 0.00341. The molecule has 1 N–H and O–H groups in total. The summed E-state index contributed by atoms with van der Waals surface area (Å²) in [5.41, 5.74) is -0.0410. The van der Waals surface area contributed by atoms with Crippen molar-refractivity contribution in [2.45, 2.75) is 45.4 Å². The lowest BCUT2D eigenvalue weighted by Crippen LogP contribution is -2.40. The van der Waals surface area contributed by atoms with Gasteiger partial charge < -0.3 is 4.74 Å². The van der Waals surface area contributed by atoms with Crippen molar-refractivity contribution in [3.05, 3.63) is 0 Å². The minimum absolute atomic E-state index is 0.0410. The van der Waals surface area contributed by atoms with Crippen LogP contribution >= 0.6 is 0 Å². The van der Waals surface area contributed by atoms with E-state index in [-0.39, 0.29) is 5.72 Å². The summed E-state index contributed by atoms with van der Waals surface area (Å²) in [5, 5.41) is 3.44. The molecule has 0 spiro atoms. The van der Waals surface area contributed by atoms with E-state index in [4.69, 9.17) is 4.74 Å². The van der Waals surface area contributed by atoms with Gasteiger partial charge in [0.25, 0.3) is 0 Å². The molecule has 0 radical (unpaired) electrons. The van der Waals surface area contributed by atoms with Crippen molar-refractivity contribution in [2.24, 2.45) is 0 Å². The highest BCUT2D eigenvalue weighted by Gasteiger charge is 2.32. The Morgan fingerprint density at radius 2 is 2.30 bits per heavy atom. The predicted octanol–water partition coefficient (Wildman–Crippen LogP) is 1.51. The monoisotopic (exact) mass is 143 g/mol. The summed E-state index contributed by atoms with van der Waals surface area (Å²) < 4.78 is 5.58. The van der Waals surface area contributed by atoms with Gasteiger partial charge >= 0.3 is 0 Å². The largest absolute Gasteiger partial charge is 0.359 e. The number of rotatable bonds is 2. The maximum atomic E-state index is 5.58. The first-order valence-electron chi connectivity index (χ1n) is 4.12. The van der Waals surface area contributed by atoms with E-state index in [1.165, 1.54) is 0 Å². The van der Waals surface area contributed by atoms with Crippen molar-refractivity contribution in [1.82, 2.24) is 5.32 Å². The van der Waals surface area contributed by atoms with E-state index in [0.717, 1.165) is 19.4 Å². The van der Waals surface area contributed by atoms with Crippen LogP contribution in [0, 0.1) is 0 Å². The molecule has 1 heterocycles. The fraction of sp³-hybridized carbons (Fsp3) is 1.00. The Morgan fingerprint density at radius 3 is 2.60 bits per heavy atom. The molecule has 0 unspecified atom stereocenters. The number of ether oxygens (including phenoxy) is 1. The number of hydrogen-bond donors (Lipinski definition) is 1. The van der Waals surface area contributed by atoms with Crippen molar-refractivity contribution in [3.8, 4) is 0 Å². The van der Waals surface area contributed by atoms with Crippen LogP contribution in [0.25, 0.3) is 0 Å². The van der Waals surface area contributed by atoms with E-state index in [9.17, 15) is 0 Å². The molecule has 1 rings (SSSR count). The molecule has 2 nitrogen and oxygen atoms in total. The summed E-state index contributed by atoms with van der Waals surface area (Å²) in [6.45, 7) is 7.32. The van der Waals surface area contributed by atoms with Crippen molar-refractivity contribution in [3.63, 3.8) is 0 Å². The number of nitrogens with one attached hydrogen (secondary N) is 1. The van der Waals surface area contributed by atoms with Crippen molar-refractivity contribution in [1.29, 1.82) is 0 Å². The molecule has 0 aromatic rings. The second kappa shape index (κ2) is 2.89. The van der Waals surface area contributed by atoms with Crippen molar-refractivity contribution in [2.75, 3.05) is 6.61 Å². The van der Waals surface area contributed by atoms with Gasteiger partial charge in [-0.05, 0) is 19.8 Å². The van der Waals surface area contributed by atoms with Crippen LogP contribution in [0.2, 0.25) is 0 Å². The van der Waals surface area contributed by atoms with E-state index in [1.807, 2.05) is 0 Å². The van der Waals surface area contributed by atoms with Gasteiger partial charge in [-0.15, -0.1) is 0 Å². The highest BCUT2D eigenvalue weighted by atomic mass is 16.5. The van der Waals surface area contributed by atoms with Gasteiger partial charge in [-0.1, -0.05) is 13.8 Å². The summed E-state index contributed by atoms with van der Waals surface area (Å²) >= 11 is 0. The molecule has 1 saturated heterocycles. The molecule has 0 saturated carbocycles. The molecule has 10 heavy (non-hydrogen) atoms. The zero-order valence-corrected chi connectivity index (χ0v) is 7.11. The average molecular weight is 143 g/mol. The number of hydrogen-bond acceptors (Lipinski definition) is 2. The van der Waals surface area contributed by atoms with Crippen molar-refractivity contribution >= 4 is 0 Å². The Bertz CT molecular complexity index is 116. The van der Waals surface area contributed by atoms with Crippen LogP contribution in [0.4, 0.5) is 0 Å².